The lowest BCUT2D eigenvalue weighted by atomic mass is 10.1. The Hall–Kier alpha value is -2.44. The number of benzene rings is 2. The number of halogens is 4. The standard InChI is InChI=1S/C19H16F4N2O4S2/c20-15-2-1-3-16-17(15)24-18(30-16)28-12-8-10-25(11-9-12)31(26,27)14-6-4-13(5-7-14)29-19(21,22)23/h1-7,12H,8-11H2. The first-order valence-electron chi connectivity index (χ1n) is 9.19. The van der Waals surface area contributed by atoms with Gasteiger partial charge in [0.2, 0.25) is 10.0 Å². The fourth-order valence-electron chi connectivity index (χ4n) is 3.24. The maximum absolute atomic E-state index is 13.8. The molecule has 0 unspecified atom stereocenters. The smallest absolute Gasteiger partial charge is 0.467 e. The van der Waals surface area contributed by atoms with Gasteiger partial charge in [-0.05, 0) is 49.2 Å². The van der Waals surface area contributed by atoms with Gasteiger partial charge in [0.05, 0.1) is 9.60 Å². The quantitative estimate of drug-likeness (QED) is 0.505. The van der Waals surface area contributed by atoms with E-state index in [-0.39, 0.29) is 29.6 Å². The number of hydrogen-bond donors (Lipinski definition) is 0. The molecule has 1 fully saturated rings. The molecule has 1 aliphatic rings. The SMILES string of the molecule is O=S(=O)(c1ccc(OC(F)(F)F)cc1)N1CCC(Oc2nc3c(F)cccc3s2)CC1. The molecule has 0 spiro atoms. The molecule has 0 atom stereocenters. The van der Waals surface area contributed by atoms with Gasteiger partial charge in [-0.2, -0.15) is 9.29 Å². The molecule has 12 heteroatoms. The van der Waals surface area contributed by atoms with Gasteiger partial charge in [0.1, 0.15) is 23.2 Å². The highest BCUT2D eigenvalue weighted by Crippen LogP contribution is 2.32. The normalized spacial score (nSPS) is 16.5. The Balaban J connectivity index is 1.38. The first kappa shape index (κ1) is 21.8. The van der Waals surface area contributed by atoms with E-state index in [1.54, 1.807) is 12.1 Å². The van der Waals surface area contributed by atoms with Crippen LogP contribution in [-0.4, -0.2) is 43.3 Å². The van der Waals surface area contributed by atoms with E-state index in [2.05, 4.69) is 9.72 Å². The van der Waals surface area contributed by atoms with Crippen LogP contribution in [0.2, 0.25) is 0 Å². The maximum atomic E-state index is 13.8. The van der Waals surface area contributed by atoms with Gasteiger partial charge in [-0.25, -0.2) is 12.8 Å². The Morgan fingerprint density at radius 2 is 1.74 bits per heavy atom. The van der Waals surface area contributed by atoms with E-state index in [9.17, 15) is 26.0 Å². The van der Waals surface area contributed by atoms with E-state index in [1.807, 2.05) is 0 Å². The third-order valence-corrected chi connectivity index (χ3v) is 7.54. The molecule has 166 valence electrons. The number of hydrogen-bond acceptors (Lipinski definition) is 6. The van der Waals surface area contributed by atoms with Crippen molar-refractivity contribution in [3.8, 4) is 10.9 Å². The number of para-hydroxylation sites is 1. The lowest BCUT2D eigenvalue weighted by Gasteiger charge is -2.30. The van der Waals surface area contributed by atoms with Crippen LogP contribution in [0.5, 0.6) is 10.9 Å². The van der Waals surface area contributed by atoms with Crippen LogP contribution in [-0.2, 0) is 10.0 Å². The van der Waals surface area contributed by atoms with Crippen molar-refractivity contribution in [1.82, 2.24) is 9.29 Å². The first-order valence-corrected chi connectivity index (χ1v) is 11.5. The molecule has 2 aromatic carbocycles. The Labute approximate surface area is 179 Å². The molecule has 1 aliphatic heterocycles. The minimum absolute atomic E-state index is 0.122. The number of rotatable bonds is 5. The Kier molecular flexibility index (Phi) is 5.79. The highest BCUT2D eigenvalue weighted by molar-refractivity contribution is 7.89. The number of nitrogens with zero attached hydrogens (tertiary/aromatic N) is 2. The largest absolute Gasteiger partial charge is 0.573 e. The number of sulfonamides is 1. The molecular weight excluding hydrogens is 460 g/mol. The Morgan fingerprint density at radius 3 is 2.35 bits per heavy atom. The molecule has 0 aliphatic carbocycles. The van der Waals surface area contributed by atoms with E-state index in [4.69, 9.17) is 4.74 Å². The second-order valence-corrected chi connectivity index (χ2v) is 9.74. The summed E-state index contributed by atoms with van der Waals surface area (Å²) in [7, 11) is -3.87. The summed E-state index contributed by atoms with van der Waals surface area (Å²) >= 11 is 1.22. The molecule has 6 nitrogen and oxygen atoms in total. The zero-order valence-electron chi connectivity index (χ0n) is 15.8. The van der Waals surface area contributed by atoms with Crippen molar-refractivity contribution in [2.24, 2.45) is 0 Å². The molecule has 2 heterocycles. The topological polar surface area (TPSA) is 68.7 Å². The van der Waals surface area contributed by atoms with Crippen LogP contribution in [0.15, 0.2) is 47.4 Å². The van der Waals surface area contributed by atoms with Gasteiger partial charge in [0.15, 0.2) is 0 Å². The molecule has 3 aromatic rings. The number of fused-ring (bicyclic) bond motifs is 1. The highest BCUT2D eigenvalue weighted by atomic mass is 32.2. The molecule has 0 amide bonds. The number of alkyl halides is 3. The molecule has 0 N–H and O–H groups in total. The number of aromatic nitrogens is 1. The summed E-state index contributed by atoms with van der Waals surface area (Å²) in [4.78, 5) is 4.03. The van der Waals surface area contributed by atoms with E-state index < -0.39 is 28.0 Å². The highest BCUT2D eigenvalue weighted by Gasteiger charge is 2.33. The van der Waals surface area contributed by atoms with Gasteiger partial charge in [0, 0.05) is 13.1 Å². The summed E-state index contributed by atoms with van der Waals surface area (Å²) in [6.07, 6.45) is -4.34. The predicted molar refractivity (Wildman–Crippen MR) is 105 cm³/mol. The van der Waals surface area contributed by atoms with Gasteiger partial charge < -0.3 is 9.47 Å². The fraction of sp³-hybridized carbons (Fsp3) is 0.316. The molecular formula is C19H16F4N2O4S2. The molecule has 1 saturated heterocycles. The third-order valence-electron chi connectivity index (χ3n) is 4.71. The Morgan fingerprint density at radius 1 is 1.06 bits per heavy atom. The van der Waals surface area contributed by atoms with Crippen LogP contribution >= 0.6 is 11.3 Å². The third kappa shape index (κ3) is 4.91. The van der Waals surface area contributed by atoms with Crippen molar-refractivity contribution in [2.45, 2.75) is 30.2 Å². The molecule has 0 saturated carbocycles. The summed E-state index contributed by atoms with van der Waals surface area (Å²) in [5.74, 6) is -0.929. The van der Waals surface area contributed by atoms with Crippen LogP contribution in [0.4, 0.5) is 17.6 Å². The van der Waals surface area contributed by atoms with Crippen molar-refractivity contribution in [2.75, 3.05) is 13.1 Å². The summed E-state index contributed by atoms with van der Waals surface area (Å²) in [5, 5.41) is 0.321. The Bertz CT molecular complexity index is 1170. The van der Waals surface area contributed by atoms with E-state index in [1.165, 1.54) is 21.7 Å². The number of ether oxygens (including phenoxy) is 2. The van der Waals surface area contributed by atoms with E-state index in [0.29, 0.717) is 22.7 Å². The van der Waals surface area contributed by atoms with Crippen LogP contribution < -0.4 is 9.47 Å². The zero-order valence-corrected chi connectivity index (χ0v) is 17.4. The summed E-state index contributed by atoms with van der Waals surface area (Å²) in [5.41, 5.74) is 0.237. The van der Waals surface area contributed by atoms with Crippen molar-refractivity contribution >= 4 is 31.6 Å². The van der Waals surface area contributed by atoms with Gasteiger partial charge in [0.25, 0.3) is 5.19 Å². The minimum atomic E-state index is -4.85. The monoisotopic (exact) mass is 476 g/mol. The lowest BCUT2D eigenvalue weighted by molar-refractivity contribution is -0.274. The van der Waals surface area contributed by atoms with E-state index in [0.717, 1.165) is 24.3 Å². The van der Waals surface area contributed by atoms with Gasteiger partial charge >= 0.3 is 6.36 Å². The van der Waals surface area contributed by atoms with Crippen molar-refractivity contribution in [1.29, 1.82) is 0 Å². The van der Waals surface area contributed by atoms with Gasteiger partial charge in [-0.3, -0.25) is 0 Å². The average Bonchev–Trinajstić information content (AvgIpc) is 3.11. The zero-order chi connectivity index (χ0) is 22.2. The fourth-order valence-corrected chi connectivity index (χ4v) is 5.61. The van der Waals surface area contributed by atoms with E-state index >= 15 is 0 Å². The van der Waals surface area contributed by atoms with Crippen molar-refractivity contribution in [3.63, 3.8) is 0 Å². The predicted octanol–water partition coefficient (Wildman–Crippen LogP) is 4.57. The second-order valence-electron chi connectivity index (χ2n) is 6.81. The molecule has 31 heavy (non-hydrogen) atoms. The minimum Gasteiger partial charge on any atom is -0.467 e. The van der Waals surface area contributed by atoms with Crippen LogP contribution in [0, 0.1) is 5.82 Å². The van der Waals surface area contributed by atoms with Crippen molar-refractivity contribution < 1.29 is 35.5 Å². The molecule has 1 aromatic heterocycles. The summed E-state index contributed by atoms with van der Waals surface area (Å²) < 4.78 is 87.6. The van der Waals surface area contributed by atoms with Gasteiger partial charge in [-0.15, -0.1) is 13.2 Å². The average molecular weight is 476 g/mol. The van der Waals surface area contributed by atoms with Gasteiger partial charge in [-0.1, -0.05) is 17.4 Å². The number of thiazole rings is 1. The molecule has 0 radical (unpaired) electrons. The lowest BCUT2D eigenvalue weighted by Crippen LogP contribution is -2.41. The summed E-state index contributed by atoms with van der Waals surface area (Å²) in [6, 6.07) is 8.72. The van der Waals surface area contributed by atoms with Crippen molar-refractivity contribution in [3.05, 3.63) is 48.3 Å². The van der Waals surface area contributed by atoms with Crippen LogP contribution in [0.3, 0.4) is 0 Å². The maximum Gasteiger partial charge on any atom is 0.573 e. The van der Waals surface area contributed by atoms with Crippen LogP contribution in [0.25, 0.3) is 10.2 Å². The molecule has 4 rings (SSSR count). The number of piperidine rings is 1. The molecule has 0 bridgehead atoms. The second kappa shape index (κ2) is 8.24. The first-order chi connectivity index (χ1) is 14.6. The summed E-state index contributed by atoms with van der Waals surface area (Å²) in [6.45, 7) is 0.347. The van der Waals surface area contributed by atoms with Crippen LogP contribution in [0.1, 0.15) is 12.8 Å².